The number of hydrogen-bond donors (Lipinski definition) is 3. The lowest BCUT2D eigenvalue weighted by molar-refractivity contribution is 0.0934. The zero-order valence-electron chi connectivity index (χ0n) is 14.0. The predicted octanol–water partition coefficient (Wildman–Crippen LogP) is 2.03. The van der Waals surface area contributed by atoms with E-state index >= 15 is 0 Å². The molecule has 23 heavy (non-hydrogen) atoms. The molecule has 5 nitrogen and oxygen atoms in total. The Morgan fingerprint density at radius 2 is 2.04 bits per heavy atom. The summed E-state index contributed by atoms with van der Waals surface area (Å²) in [4.78, 5) is 12.5. The molecule has 1 amide bonds. The van der Waals surface area contributed by atoms with E-state index in [-0.39, 0.29) is 11.9 Å². The first-order valence-corrected chi connectivity index (χ1v) is 8.18. The quantitative estimate of drug-likeness (QED) is 0.809. The van der Waals surface area contributed by atoms with E-state index < -0.39 is 0 Å². The molecule has 5 heteroatoms. The minimum Gasteiger partial charge on any atom is -0.348 e. The van der Waals surface area contributed by atoms with Crippen LogP contribution in [0.1, 0.15) is 45.4 Å². The van der Waals surface area contributed by atoms with Crippen LogP contribution in [-0.4, -0.2) is 28.7 Å². The maximum Gasteiger partial charge on any atom is 0.272 e. The van der Waals surface area contributed by atoms with Crippen molar-refractivity contribution in [2.75, 3.05) is 6.54 Å². The van der Waals surface area contributed by atoms with Crippen LogP contribution in [0.5, 0.6) is 0 Å². The number of carbonyl (C=O) groups excluding carboxylic acids is 1. The third-order valence-corrected chi connectivity index (χ3v) is 4.22. The second-order valence-corrected chi connectivity index (χ2v) is 6.53. The van der Waals surface area contributed by atoms with Crippen LogP contribution in [0.15, 0.2) is 18.2 Å². The molecule has 0 aliphatic carbocycles. The second kappa shape index (κ2) is 6.54. The van der Waals surface area contributed by atoms with Gasteiger partial charge in [-0.05, 0) is 32.8 Å². The molecule has 1 atom stereocenters. The third kappa shape index (κ3) is 3.62. The topological polar surface area (TPSA) is 69.8 Å². The maximum absolute atomic E-state index is 12.5. The number of amides is 1. The summed E-state index contributed by atoms with van der Waals surface area (Å²) < 4.78 is 0. The fourth-order valence-electron chi connectivity index (χ4n) is 3.30. The first-order chi connectivity index (χ1) is 11.0. The van der Waals surface area contributed by atoms with Crippen molar-refractivity contribution in [1.29, 1.82) is 0 Å². The van der Waals surface area contributed by atoms with Gasteiger partial charge in [0.1, 0.15) is 0 Å². The molecule has 3 rings (SSSR count). The lowest BCUT2D eigenvalue weighted by Crippen LogP contribution is -2.35. The van der Waals surface area contributed by atoms with Crippen molar-refractivity contribution in [2.45, 2.75) is 46.2 Å². The van der Waals surface area contributed by atoms with Crippen LogP contribution in [0, 0.1) is 13.8 Å². The van der Waals surface area contributed by atoms with E-state index in [9.17, 15) is 4.79 Å². The maximum atomic E-state index is 12.5. The predicted molar refractivity (Wildman–Crippen MR) is 90.5 cm³/mol. The number of rotatable bonds is 4. The van der Waals surface area contributed by atoms with Crippen LogP contribution >= 0.6 is 0 Å². The molecule has 0 bridgehead atoms. The Bertz CT molecular complexity index is 700. The van der Waals surface area contributed by atoms with Crippen LogP contribution in [0.3, 0.4) is 0 Å². The van der Waals surface area contributed by atoms with Crippen LogP contribution in [0.2, 0.25) is 0 Å². The fourth-order valence-corrected chi connectivity index (χ4v) is 3.30. The highest BCUT2D eigenvalue weighted by Gasteiger charge is 2.22. The highest BCUT2D eigenvalue weighted by atomic mass is 16.2. The number of aromatic amines is 1. The molecule has 2 heterocycles. The Balaban J connectivity index is 1.66. The smallest absolute Gasteiger partial charge is 0.272 e. The van der Waals surface area contributed by atoms with Gasteiger partial charge in [0.15, 0.2) is 5.69 Å². The SMILES string of the molecule is Cc1cc(C)cc(CC(C)NC(=O)c2n[nH]c3c2CNCC3)c1. The van der Waals surface area contributed by atoms with Crippen molar-refractivity contribution in [1.82, 2.24) is 20.8 Å². The number of fused-ring (bicyclic) bond motifs is 1. The van der Waals surface area contributed by atoms with Gasteiger partial charge in [-0.3, -0.25) is 9.89 Å². The van der Waals surface area contributed by atoms with Crippen LogP contribution in [-0.2, 0) is 19.4 Å². The van der Waals surface area contributed by atoms with Crippen molar-refractivity contribution in [2.24, 2.45) is 0 Å². The molecule has 0 saturated heterocycles. The zero-order chi connectivity index (χ0) is 16.4. The van der Waals surface area contributed by atoms with E-state index in [0.717, 1.165) is 30.6 Å². The minimum absolute atomic E-state index is 0.0626. The summed E-state index contributed by atoms with van der Waals surface area (Å²) in [5, 5.41) is 13.6. The Morgan fingerprint density at radius 3 is 2.78 bits per heavy atom. The molecule has 1 aliphatic heterocycles. The number of aryl methyl sites for hydroxylation is 2. The van der Waals surface area contributed by atoms with Crippen LogP contribution in [0.4, 0.5) is 0 Å². The molecule has 3 N–H and O–H groups in total. The van der Waals surface area contributed by atoms with Gasteiger partial charge in [0.05, 0.1) is 0 Å². The van der Waals surface area contributed by atoms with Crippen molar-refractivity contribution in [3.05, 3.63) is 51.8 Å². The average Bonchev–Trinajstić information content (AvgIpc) is 2.89. The number of nitrogens with zero attached hydrogens (tertiary/aromatic N) is 1. The molecule has 2 aromatic rings. The molecule has 1 unspecified atom stereocenters. The van der Waals surface area contributed by atoms with E-state index in [1.54, 1.807) is 0 Å². The Morgan fingerprint density at radius 1 is 1.30 bits per heavy atom. The number of hydrogen-bond acceptors (Lipinski definition) is 3. The molecule has 0 saturated carbocycles. The standard InChI is InChI=1S/C18H24N4O/c1-11-6-12(2)8-14(7-11)9-13(3)20-18(23)17-15-10-19-5-4-16(15)21-22-17/h6-8,13,19H,4-5,9-10H2,1-3H3,(H,20,23)(H,21,22). The molecule has 0 spiro atoms. The first-order valence-electron chi connectivity index (χ1n) is 8.18. The van der Waals surface area contributed by atoms with Gasteiger partial charge in [-0.2, -0.15) is 5.10 Å². The largest absolute Gasteiger partial charge is 0.348 e. The summed E-state index contributed by atoms with van der Waals surface area (Å²) in [6.07, 6.45) is 1.72. The van der Waals surface area contributed by atoms with Gasteiger partial charge >= 0.3 is 0 Å². The van der Waals surface area contributed by atoms with Gasteiger partial charge in [-0.1, -0.05) is 29.3 Å². The van der Waals surface area contributed by atoms with E-state index in [1.807, 2.05) is 6.92 Å². The molecule has 1 aliphatic rings. The molecule has 0 fully saturated rings. The Kier molecular flexibility index (Phi) is 4.48. The number of benzene rings is 1. The van der Waals surface area contributed by atoms with Crippen molar-refractivity contribution in [3.8, 4) is 0 Å². The summed E-state index contributed by atoms with van der Waals surface area (Å²) in [7, 11) is 0. The summed E-state index contributed by atoms with van der Waals surface area (Å²) >= 11 is 0. The van der Waals surface area contributed by atoms with Gasteiger partial charge in [0.25, 0.3) is 5.91 Å². The number of aromatic nitrogens is 2. The van der Waals surface area contributed by atoms with E-state index in [0.29, 0.717) is 12.2 Å². The number of H-pyrrole nitrogens is 1. The monoisotopic (exact) mass is 312 g/mol. The van der Waals surface area contributed by atoms with Gasteiger partial charge in [0.2, 0.25) is 0 Å². The molecule has 1 aromatic carbocycles. The molecule has 1 aromatic heterocycles. The third-order valence-electron chi connectivity index (χ3n) is 4.22. The van der Waals surface area contributed by atoms with E-state index in [2.05, 4.69) is 52.9 Å². The summed E-state index contributed by atoms with van der Waals surface area (Å²) in [6.45, 7) is 7.87. The Labute approximate surface area is 136 Å². The number of nitrogens with one attached hydrogen (secondary N) is 3. The summed E-state index contributed by atoms with van der Waals surface area (Å²) in [5.41, 5.74) is 6.38. The summed E-state index contributed by atoms with van der Waals surface area (Å²) in [6, 6.07) is 6.58. The number of carbonyl (C=O) groups is 1. The average molecular weight is 312 g/mol. The second-order valence-electron chi connectivity index (χ2n) is 6.53. The highest BCUT2D eigenvalue weighted by Crippen LogP contribution is 2.16. The van der Waals surface area contributed by atoms with Gasteiger partial charge in [-0.25, -0.2) is 0 Å². The lowest BCUT2D eigenvalue weighted by atomic mass is 10.0. The van der Waals surface area contributed by atoms with Gasteiger partial charge in [-0.15, -0.1) is 0 Å². The first kappa shape index (κ1) is 15.7. The lowest BCUT2D eigenvalue weighted by Gasteiger charge is -2.16. The molecular formula is C18H24N4O. The molecule has 0 radical (unpaired) electrons. The van der Waals surface area contributed by atoms with Gasteiger partial charge in [0, 0.05) is 36.8 Å². The van der Waals surface area contributed by atoms with E-state index in [1.165, 1.54) is 16.7 Å². The van der Waals surface area contributed by atoms with Crippen molar-refractivity contribution >= 4 is 5.91 Å². The molecular weight excluding hydrogens is 288 g/mol. The zero-order valence-corrected chi connectivity index (χ0v) is 14.0. The Hall–Kier alpha value is -2.14. The van der Waals surface area contributed by atoms with E-state index in [4.69, 9.17) is 0 Å². The summed E-state index contributed by atoms with van der Waals surface area (Å²) in [5.74, 6) is -0.0944. The molecule has 122 valence electrons. The highest BCUT2D eigenvalue weighted by molar-refractivity contribution is 5.94. The van der Waals surface area contributed by atoms with Gasteiger partial charge < -0.3 is 10.6 Å². The fraction of sp³-hybridized carbons (Fsp3) is 0.444. The van der Waals surface area contributed by atoms with Crippen molar-refractivity contribution < 1.29 is 4.79 Å². The van der Waals surface area contributed by atoms with Crippen LogP contribution in [0.25, 0.3) is 0 Å². The minimum atomic E-state index is -0.0944. The van der Waals surface area contributed by atoms with Crippen LogP contribution < -0.4 is 10.6 Å². The normalized spacial score (nSPS) is 15.1. The van der Waals surface area contributed by atoms with Crippen molar-refractivity contribution in [3.63, 3.8) is 0 Å².